The molecule has 3 rings (SSSR count). The number of nitrogens with zero attached hydrogens (tertiary/aromatic N) is 1. The second-order valence-electron chi connectivity index (χ2n) is 8.22. The predicted molar refractivity (Wildman–Crippen MR) is 120 cm³/mol. The molecule has 0 saturated carbocycles. The Morgan fingerprint density at radius 3 is 2.43 bits per heavy atom. The molecule has 0 radical (unpaired) electrons. The summed E-state index contributed by atoms with van der Waals surface area (Å²) in [6, 6.07) is 9.92. The summed E-state index contributed by atoms with van der Waals surface area (Å²) in [5.41, 5.74) is 3.41. The highest BCUT2D eigenvalue weighted by molar-refractivity contribution is 6.12. The van der Waals surface area contributed by atoms with Crippen LogP contribution in [0.1, 0.15) is 55.7 Å². The topological polar surface area (TPSA) is 66.0 Å². The lowest BCUT2D eigenvalue weighted by Crippen LogP contribution is -2.12. The largest absolute Gasteiger partial charge is 0.508 e. The van der Waals surface area contributed by atoms with Crippen molar-refractivity contribution in [2.45, 2.75) is 39.5 Å². The van der Waals surface area contributed by atoms with Gasteiger partial charge in [0.15, 0.2) is 0 Å². The molecule has 0 unspecified atom stereocenters. The maximum absolute atomic E-state index is 14.3. The van der Waals surface area contributed by atoms with Gasteiger partial charge in [0, 0.05) is 34.1 Å². The molecule has 5 heteroatoms. The van der Waals surface area contributed by atoms with Crippen LogP contribution in [0.25, 0.3) is 22.8 Å². The Labute approximate surface area is 175 Å². The first-order valence-electron chi connectivity index (χ1n) is 9.80. The van der Waals surface area contributed by atoms with E-state index in [0.717, 1.165) is 28.7 Å². The molecule has 4 nitrogen and oxygen atoms in total. The lowest BCUT2D eigenvalue weighted by molar-refractivity contribution is 0.320. The summed E-state index contributed by atoms with van der Waals surface area (Å²) in [6.45, 7) is 11.9. The second kappa shape index (κ2) is 8.19. The van der Waals surface area contributed by atoms with Gasteiger partial charge in [-0.1, -0.05) is 51.6 Å². The van der Waals surface area contributed by atoms with Gasteiger partial charge in [-0.3, -0.25) is 0 Å². The molecule has 30 heavy (non-hydrogen) atoms. The number of aliphatic hydroxyl groups excluding tert-OH is 1. The minimum atomic E-state index is -0.510. The monoisotopic (exact) mass is 407 g/mol. The number of furan rings is 1. The zero-order valence-corrected chi connectivity index (χ0v) is 17.7. The molecule has 0 aliphatic heterocycles. The molecule has 1 heterocycles. The molecule has 0 bridgehead atoms. The molecule has 0 aliphatic rings. The van der Waals surface area contributed by atoms with Crippen LogP contribution < -0.4 is 0 Å². The van der Waals surface area contributed by atoms with Gasteiger partial charge in [-0.2, -0.15) is 0 Å². The molecule has 1 aromatic heterocycles. The summed E-state index contributed by atoms with van der Waals surface area (Å²) in [5.74, 6) is 0.237. The summed E-state index contributed by atoms with van der Waals surface area (Å²) in [7, 11) is 0. The van der Waals surface area contributed by atoms with Crippen LogP contribution in [-0.2, 0) is 11.8 Å². The van der Waals surface area contributed by atoms with E-state index in [1.807, 2.05) is 18.2 Å². The lowest BCUT2D eigenvalue weighted by Gasteiger charge is -2.19. The van der Waals surface area contributed by atoms with E-state index in [1.165, 1.54) is 18.2 Å². The van der Waals surface area contributed by atoms with Crippen molar-refractivity contribution in [3.05, 3.63) is 82.9 Å². The van der Waals surface area contributed by atoms with Crippen molar-refractivity contribution in [3.63, 3.8) is 0 Å². The van der Waals surface area contributed by atoms with Crippen LogP contribution >= 0.6 is 0 Å². The number of rotatable bonds is 5. The molecule has 0 saturated heterocycles. The van der Waals surface area contributed by atoms with Crippen molar-refractivity contribution < 1.29 is 19.1 Å². The van der Waals surface area contributed by atoms with E-state index in [0.29, 0.717) is 22.4 Å². The third kappa shape index (κ3) is 4.15. The highest BCUT2D eigenvalue weighted by Crippen LogP contribution is 2.36. The Morgan fingerprint density at radius 1 is 1.17 bits per heavy atom. The molecule has 156 valence electrons. The van der Waals surface area contributed by atoms with E-state index in [1.54, 1.807) is 12.1 Å². The Hall–Kier alpha value is -3.34. The number of hydrogen-bond acceptors (Lipinski definition) is 4. The van der Waals surface area contributed by atoms with Crippen LogP contribution in [0.15, 0.2) is 58.6 Å². The minimum absolute atomic E-state index is 0.108. The normalized spacial score (nSPS) is 12.8. The van der Waals surface area contributed by atoms with Gasteiger partial charge in [-0.05, 0) is 41.8 Å². The summed E-state index contributed by atoms with van der Waals surface area (Å²) in [4.78, 5) is 0. The Bertz CT molecular complexity index is 1160. The van der Waals surface area contributed by atoms with E-state index < -0.39 is 5.82 Å². The number of oxime groups is 1. The van der Waals surface area contributed by atoms with Crippen molar-refractivity contribution >= 4 is 28.5 Å². The van der Waals surface area contributed by atoms with Crippen molar-refractivity contribution in [1.29, 1.82) is 0 Å². The molecule has 0 atom stereocenters. The molecule has 2 N–H and O–H groups in total. The van der Waals surface area contributed by atoms with Gasteiger partial charge >= 0.3 is 0 Å². The molecule has 0 aliphatic carbocycles. The van der Waals surface area contributed by atoms with E-state index in [4.69, 9.17) is 4.42 Å². The van der Waals surface area contributed by atoms with Gasteiger partial charge in [0.2, 0.25) is 0 Å². The van der Waals surface area contributed by atoms with E-state index in [2.05, 4.69) is 39.4 Å². The third-order valence-electron chi connectivity index (χ3n) is 4.99. The van der Waals surface area contributed by atoms with Crippen molar-refractivity contribution in [1.82, 2.24) is 0 Å². The maximum Gasteiger partial charge on any atom is 0.134 e. The third-order valence-corrected chi connectivity index (χ3v) is 4.99. The van der Waals surface area contributed by atoms with Crippen LogP contribution in [0.2, 0.25) is 0 Å². The zero-order chi connectivity index (χ0) is 22.1. The van der Waals surface area contributed by atoms with Crippen LogP contribution in [0.3, 0.4) is 0 Å². The quantitative estimate of drug-likeness (QED) is 0.210. The summed E-state index contributed by atoms with van der Waals surface area (Å²) in [6.07, 6.45) is 3.85. The Kier molecular flexibility index (Phi) is 5.83. The number of allylic oxidation sites excluding steroid dienone is 1. The van der Waals surface area contributed by atoms with Gasteiger partial charge in [-0.25, -0.2) is 4.39 Å². The fourth-order valence-corrected chi connectivity index (χ4v) is 3.58. The van der Waals surface area contributed by atoms with Crippen LogP contribution in [0.5, 0.6) is 0 Å². The van der Waals surface area contributed by atoms with Gasteiger partial charge in [0.05, 0.1) is 0 Å². The molecule has 3 aromatic rings. The van der Waals surface area contributed by atoms with E-state index in [9.17, 15) is 14.7 Å². The first-order chi connectivity index (χ1) is 14.2. The van der Waals surface area contributed by atoms with Crippen molar-refractivity contribution in [2.24, 2.45) is 5.16 Å². The van der Waals surface area contributed by atoms with E-state index in [-0.39, 0.29) is 11.2 Å². The predicted octanol–water partition coefficient (Wildman–Crippen LogP) is 6.85. The number of benzene rings is 2. The molecule has 2 aromatic carbocycles. The number of hydrogen-bond donors (Lipinski definition) is 2. The van der Waals surface area contributed by atoms with E-state index >= 15 is 0 Å². The molecule has 0 fully saturated rings. The van der Waals surface area contributed by atoms with Crippen LogP contribution in [-0.4, -0.2) is 16.0 Å². The molecular formula is C25H26FNO3. The highest BCUT2D eigenvalue weighted by Gasteiger charge is 2.24. The standard InChI is InChI=1S/C25H26FNO3/c1-6-22-24(25(3,4)5)19-13-18(10-12-23(19)30-22)21(27-29)11-9-16-7-8-17(15(2)28)14-20(16)26/h7-14,28-29H,2,6H2,1,3-5H3/b11-9+,27-21+. The first-order valence-corrected chi connectivity index (χ1v) is 9.80. The fourth-order valence-electron chi connectivity index (χ4n) is 3.58. The van der Waals surface area contributed by atoms with Crippen molar-refractivity contribution in [2.75, 3.05) is 0 Å². The van der Waals surface area contributed by atoms with Gasteiger partial charge < -0.3 is 14.7 Å². The second-order valence-corrected chi connectivity index (χ2v) is 8.22. The summed E-state index contributed by atoms with van der Waals surface area (Å²) >= 11 is 0. The Morgan fingerprint density at radius 2 is 1.87 bits per heavy atom. The number of halogens is 1. The average Bonchev–Trinajstić information content (AvgIpc) is 3.07. The lowest BCUT2D eigenvalue weighted by atomic mass is 9.84. The SMILES string of the molecule is C=C(O)c1ccc(/C=C/C(=N\O)c2ccc3oc(CC)c(C(C)(C)C)c3c2)c(F)c1. The minimum Gasteiger partial charge on any atom is -0.508 e. The number of aliphatic hydroxyl groups is 1. The molecule has 0 amide bonds. The first kappa shape index (κ1) is 21.4. The highest BCUT2D eigenvalue weighted by atomic mass is 19.1. The average molecular weight is 407 g/mol. The number of aryl methyl sites for hydroxylation is 1. The fraction of sp³-hybridized carbons (Fsp3) is 0.240. The van der Waals surface area contributed by atoms with Crippen molar-refractivity contribution in [3.8, 4) is 0 Å². The van der Waals surface area contributed by atoms with Gasteiger partial charge in [0.1, 0.15) is 28.6 Å². The Balaban J connectivity index is 2.01. The van der Waals surface area contributed by atoms with Gasteiger partial charge in [0.25, 0.3) is 0 Å². The zero-order valence-electron chi connectivity index (χ0n) is 17.7. The summed E-state index contributed by atoms with van der Waals surface area (Å²) < 4.78 is 20.3. The van der Waals surface area contributed by atoms with Crippen LogP contribution in [0, 0.1) is 5.82 Å². The molecule has 0 spiro atoms. The summed E-state index contributed by atoms with van der Waals surface area (Å²) in [5, 5.41) is 23.3. The number of fused-ring (bicyclic) bond motifs is 1. The maximum atomic E-state index is 14.3. The smallest absolute Gasteiger partial charge is 0.134 e. The molecular weight excluding hydrogens is 381 g/mol. The van der Waals surface area contributed by atoms with Crippen LogP contribution in [0.4, 0.5) is 4.39 Å². The van der Waals surface area contributed by atoms with Gasteiger partial charge in [-0.15, -0.1) is 0 Å².